The number of halogens is 1. The van der Waals surface area contributed by atoms with Crippen molar-refractivity contribution in [3.63, 3.8) is 0 Å². The van der Waals surface area contributed by atoms with E-state index in [1.54, 1.807) is 29.7 Å². The zero-order chi connectivity index (χ0) is 14.7. The van der Waals surface area contributed by atoms with Crippen molar-refractivity contribution >= 4 is 11.3 Å². The fraction of sp³-hybridized carbons (Fsp3) is 0.188. The average molecular weight is 301 g/mol. The first-order valence-electron chi connectivity index (χ1n) is 6.71. The van der Waals surface area contributed by atoms with Gasteiger partial charge < -0.3 is 4.57 Å². The Labute approximate surface area is 127 Å². The third-order valence-electron chi connectivity index (χ3n) is 3.39. The third-order valence-corrected chi connectivity index (χ3v) is 4.12. The van der Waals surface area contributed by atoms with E-state index in [0.29, 0.717) is 0 Å². The molecular formula is C16H16FN3S. The van der Waals surface area contributed by atoms with Gasteiger partial charge in [0, 0.05) is 26.0 Å². The summed E-state index contributed by atoms with van der Waals surface area (Å²) in [6, 6.07) is 8.60. The second-order valence-electron chi connectivity index (χ2n) is 4.90. The summed E-state index contributed by atoms with van der Waals surface area (Å²) in [6.07, 6.45) is 3.65. The van der Waals surface area contributed by atoms with Crippen LogP contribution in [0.5, 0.6) is 0 Å². The molecule has 0 fully saturated rings. The smallest absolute Gasteiger partial charge is 0.130 e. The van der Waals surface area contributed by atoms with Gasteiger partial charge in [-0.25, -0.2) is 9.37 Å². The molecule has 2 heterocycles. The summed E-state index contributed by atoms with van der Waals surface area (Å²) in [5.41, 5.74) is 2.09. The van der Waals surface area contributed by atoms with Crippen LogP contribution in [0.1, 0.15) is 23.0 Å². The second-order valence-corrected chi connectivity index (χ2v) is 5.68. The highest BCUT2D eigenvalue weighted by Gasteiger charge is 2.18. The van der Waals surface area contributed by atoms with Crippen molar-refractivity contribution < 1.29 is 4.39 Å². The van der Waals surface area contributed by atoms with Gasteiger partial charge in [-0.3, -0.25) is 5.32 Å². The molecule has 0 spiro atoms. The molecule has 1 N–H and O–H groups in total. The van der Waals surface area contributed by atoms with Crippen LogP contribution in [0.2, 0.25) is 0 Å². The van der Waals surface area contributed by atoms with Gasteiger partial charge in [-0.2, -0.15) is 11.3 Å². The highest BCUT2D eigenvalue weighted by molar-refractivity contribution is 7.07. The van der Waals surface area contributed by atoms with Crippen LogP contribution in [0.15, 0.2) is 53.5 Å². The van der Waals surface area contributed by atoms with Gasteiger partial charge in [0.25, 0.3) is 0 Å². The molecule has 0 aliphatic rings. The van der Waals surface area contributed by atoms with E-state index in [2.05, 4.69) is 27.1 Å². The minimum Gasteiger partial charge on any atom is -0.336 e. The van der Waals surface area contributed by atoms with Gasteiger partial charge in [0.05, 0.1) is 6.04 Å². The van der Waals surface area contributed by atoms with Crippen LogP contribution < -0.4 is 5.32 Å². The van der Waals surface area contributed by atoms with Crippen molar-refractivity contribution in [3.8, 4) is 0 Å². The van der Waals surface area contributed by atoms with Gasteiger partial charge in [0.2, 0.25) is 0 Å². The van der Waals surface area contributed by atoms with Gasteiger partial charge in [-0.15, -0.1) is 0 Å². The number of benzene rings is 1. The number of aromatic nitrogens is 2. The lowest BCUT2D eigenvalue weighted by atomic mass is 10.1. The summed E-state index contributed by atoms with van der Waals surface area (Å²) in [6.45, 7) is 0.720. The van der Waals surface area contributed by atoms with Gasteiger partial charge in [-0.1, -0.05) is 12.1 Å². The molecule has 1 aromatic carbocycles. The minimum absolute atomic E-state index is 0.138. The van der Waals surface area contributed by atoms with E-state index in [9.17, 15) is 4.39 Å². The van der Waals surface area contributed by atoms with Gasteiger partial charge in [0.1, 0.15) is 11.6 Å². The van der Waals surface area contributed by atoms with E-state index in [-0.39, 0.29) is 11.9 Å². The Morgan fingerprint density at radius 1 is 1.38 bits per heavy atom. The Hall–Kier alpha value is -1.98. The van der Waals surface area contributed by atoms with Crippen molar-refractivity contribution in [2.45, 2.75) is 12.6 Å². The van der Waals surface area contributed by atoms with Gasteiger partial charge >= 0.3 is 0 Å². The maximum absolute atomic E-state index is 13.5. The summed E-state index contributed by atoms with van der Waals surface area (Å²) in [4.78, 5) is 4.40. The number of hydrogen-bond donors (Lipinski definition) is 1. The number of hydrogen-bond acceptors (Lipinski definition) is 3. The molecule has 0 saturated heterocycles. The SMILES string of the molecule is Cn1ccnc1[C@H](NCc1ccsc1)c1cccc(F)c1. The van der Waals surface area contributed by atoms with Gasteiger partial charge in [-0.05, 0) is 40.1 Å². The predicted molar refractivity (Wildman–Crippen MR) is 82.6 cm³/mol. The van der Waals surface area contributed by atoms with E-state index < -0.39 is 0 Å². The van der Waals surface area contributed by atoms with Crippen molar-refractivity contribution in [2.24, 2.45) is 7.05 Å². The Balaban J connectivity index is 1.89. The van der Waals surface area contributed by atoms with Crippen LogP contribution in [-0.4, -0.2) is 9.55 Å². The first kappa shape index (κ1) is 14.0. The predicted octanol–water partition coefficient (Wildman–Crippen LogP) is 3.50. The monoisotopic (exact) mass is 301 g/mol. The topological polar surface area (TPSA) is 29.9 Å². The van der Waals surface area contributed by atoms with Crippen molar-refractivity contribution in [1.82, 2.24) is 14.9 Å². The van der Waals surface area contributed by atoms with E-state index in [1.807, 2.05) is 23.9 Å². The minimum atomic E-state index is -0.232. The molecule has 1 atom stereocenters. The number of rotatable bonds is 5. The van der Waals surface area contributed by atoms with Crippen LogP contribution in [0, 0.1) is 5.82 Å². The van der Waals surface area contributed by atoms with Crippen molar-refractivity contribution in [2.75, 3.05) is 0 Å². The molecule has 0 aliphatic heterocycles. The summed E-state index contributed by atoms with van der Waals surface area (Å²) < 4.78 is 15.5. The molecule has 0 unspecified atom stereocenters. The number of thiophene rings is 1. The first-order valence-corrected chi connectivity index (χ1v) is 7.65. The first-order chi connectivity index (χ1) is 10.2. The molecule has 0 amide bonds. The van der Waals surface area contributed by atoms with Crippen LogP contribution in [0.4, 0.5) is 4.39 Å². The normalized spacial score (nSPS) is 12.5. The molecule has 3 rings (SSSR count). The van der Waals surface area contributed by atoms with Crippen LogP contribution in [0.3, 0.4) is 0 Å². The fourth-order valence-corrected chi connectivity index (χ4v) is 2.98. The molecule has 108 valence electrons. The lowest BCUT2D eigenvalue weighted by Crippen LogP contribution is -2.24. The Morgan fingerprint density at radius 2 is 2.29 bits per heavy atom. The molecule has 2 aromatic heterocycles. The number of nitrogens with one attached hydrogen (secondary N) is 1. The molecule has 5 heteroatoms. The van der Waals surface area contributed by atoms with Gasteiger partial charge in [0.15, 0.2) is 0 Å². The molecule has 3 nitrogen and oxygen atoms in total. The number of imidazole rings is 1. The molecule has 0 bridgehead atoms. The summed E-state index contributed by atoms with van der Waals surface area (Å²) in [7, 11) is 1.95. The Bertz CT molecular complexity index is 706. The average Bonchev–Trinajstić information content (AvgIpc) is 3.12. The summed E-state index contributed by atoms with van der Waals surface area (Å²) in [5, 5.41) is 7.62. The summed E-state index contributed by atoms with van der Waals surface area (Å²) in [5.74, 6) is 0.639. The number of aryl methyl sites for hydroxylation is 1. The largest absolute Gasteiger partial charge is 0.336 e. The molecule has 0 aliphatic carbocycles. The highest BCUT2D eigenvalue weighted by Crippen LogP contribution is 2.22. The molecule has 21 heavy (non-hydrogen) atoms. The summed E-state index contributed by atoms with van der Waals surface area (Å²) >= 11 is 1.67. The van der Waals surface area contributed by atoms with E-state index in [0.717, 1.165) is 17.9 Å². The van der Waals surface area contributed by atoms with Crippen LogP contribution in [0.25, 0.3) is 0 Å². The van der Waals surface area contributed by atoms with Crippen molar-refractivity contribution in [3.05, 3.63) is 76.3 Å². The van der Waals surface area contributed by atoms with Crippen LogP contribution in [-0.2, 0) is 13.6 Å². The zero-order valence-electron chi connectivity index (χ0n) is 11.7. The Morgan fingerprint density at radius 3 is 2.95 bits per heavy atom. The van der Waals surface area contributed by atoms with E-state index >= 15 is 0 Å². The fourth-order valence-electron chi connectivity index (χ4n) is 2.31. The molecule has 0 radical (unpaired) electrons. The lowest BCUT2D eigenvalue weighted by Gasteiger charge is -2.19. The highest BCUT2D eigenvalue weighted by atomic mass is 32.1. The second kappa shape index (κ2) is 6.20. The maximum Gasteiger partial charge on any atom is 0.130 e. The molecular weight excluding hydrogens is 285 g/mol. The maximum atomic E-state index is 13.5. The zero-order valence-corrected chi connectivity index (χ0v) is 12.5. The molecule has 3 aromatic rings. The quantitative estimate of drug-likeness (QED) is 0.781. The number of nitrogens with zero attached hydrogens (tertiary/aromatic N) is 2. The molecule has 0 saturated carbocycles. The Kier molecular flexibility index (Phi) is 4.13. The third kappa shape index (κ3) is 3.20. The van der Waals surface area contributed by atoms with E-state index in [4.69, 9.17) is 0 Å². The van der Waals surface area contributed by atoms with Crippen molar-refractivity contribution in [1.29, 1.82) is 0 Å². The van der Waals surface area contributed by atoms with Crippen LogP contribution >= 0.6 is 11.3 Å². The van der Waals surface area contributed by atoms with E-state index in [1.165, 1.54) is 11.6 Å². The standard InChI is InChI=1S/C16H16FN3S/c1-20-7-6-18-16(20)15(13-3-2-4-14(17)9-13)19-10-12-5-8-21-11-12/h2-9,11,15,19H,10H2,1H3/t15-/m1/s1. The lowest BCUT2D eigenvalue weighted by molar-refractivity contribution is 0.552.